The topological polar surface area (TPSA) is 0 Å². The first-order valence-electron chi connectivity index (χ1n) is 7.46. The van der Waals surface area contributed by atoms with Gasteiger partial charge in [0.2, 0.25) is 0 Å². The van der Waals surface area contributed by atoms with Gasteiger partial charge in [-0.3, -0.25) is 0 Å². The molecule has 2 aromatic carbocycles. The number of hydrogen-bond acceptors (Lipinski definition) is 0. The van der Waals surface area contributed by atoms with Crippen molar-refractivity contribution in [1.29, 1.82) is 0 Å². The van der Waals surface area contributed by atoms with Crippen molar-refractivity contribution in [2.75, 3.05) is 0 Å². The third kappa shape index (κ3) is 5.99. The second kappa shape index (κ2) is 12.7. The van der Waals surface area contributed by atoms with Crippen molar-refractivity contribution in [2.24, 2.45) is 0 Å². The predicted octanol–water partition coefficient (Wildman–Crippen LogP) is -4.86. The molecule has 0 aliphatic heterocycles. The van der Waals surface area contributed by atoms with Gasteiger partial charge in [-0.2, -0.15) is 22.9 Å². The summed E-state index contributed by atoms with van der Waals surface area (Å²) < 4.78 is 0. The molecule has 0 N–H and O–H groups in total. The van der Waals surface area contributed by atoms with Gasteiger partial charge in [-0.15, -0.1) is 0 Å². The number of rotatable bonds is 5. The average Bonchev–Trinajstić information content (AvgIpc) is 2.93. The molecule has 2 rings (SSSR count). The first-order valence-corrected chi connectivity index (χ1v) is 9.88. The molecule has 23 heavy (non-hydrogen) atoms. The second-order valence-corrected chi connectivity index (χ2v) is 10.5. The zero-order valence-corrected chi connectivity index (χ0v) is 19.1. The van der Waals surface area contributed by atoms with Gasteiger partial charge in [0.15, 0.2) is 0 Å². The summed E-state index contributed by atoms with van der Waals surface area (Å²) in [5.74, 6) is 0.630. The van der Waals surface area contributed by atoms with Crippen LogP contribution >= 0.6 is 0 Å². The standard InChI is InChI=1S/C18H25Si.3ClH.Ti/c1-5-19(6-2,17-10-8-7-9-11-17)18-13-12-16(14-18)15(3)4;;;;/h7-15H,5-6H2,1-4H3;3*1H;/q-1;;;;+4/p-3. The van der Waals surface area contributed by atoms with Gasteiger partial charge in [-0.25, -0.2) is 6.07 Å². The van der Waals surface area contributed by atoms with E-state index in [2.05, 4.69) is 76.2 Å². The molecular weight excluding hydrogens is 399 g/mol. The Labute approximate surface area is 176 Å². The third-order valence-corrected chi connectivity index (χ3v) is 9.80. The monoisotopic (exact) mass is 422 g/mol. The summed E-state index contributed by atoms with van der Waals surface area (Å²) in [5, 5.41) is 3.20. The van der Waals surface area contributed by atoms with Crippen LogP contribution in [0.15, 0.2) is 48.5 Å². The van der Waals surface area contributed by atoms with Gasteiger partial charge < -0.3 is 37.2 Å². The zero-order chi connectivity index (χ0) is 13.9. The van der Waals surface area contributed by atoms with Crippen LogP contribution < -0.4 is 47.6 Å². The van der Waals surface area contributed by atoms with Crippen LogP contribution in [0.25, 0.3) is 0 Å². The van der Waals surface area contributed by atoms with Crippen molar-refractivity contribution in [3.05, 3.63) is 54.1 Å². The van der Waals surface area contributed by atoms with Gasteiger partial charge in [0.05, 0.1) is 8.07 Å². The van der Waals surface area contributed by atoms with Crippen LogP contribution in [0, 0.1) is 0 Å². The van der Waals surface area contributed by atoms with Crippen LogP contribution in [0.2, 0.25) is 12.1 Å². The molecule has 0 heterocycles. The Morgan fingerprint density at radius 1 is 0.913 bits per heavy atom. The maximum atomic E-state index is 2.47. The van der Waals surface area contributed by atoms with Crippen molar-refractivity contribution in [1.82, 2.24) is 0 Å². The molecule has 5 heteroatoms. The Morgan fingerprint density at radius 2 is 1.43 bits per heavy atom. The summed E-state index contributed by atoms with van der Waals surface area (Å²) in [6, 6.07) is 20.9. The van der Waals surface area contributed by atoms with Crippen LogP contribution in [0.3, 0.4) is 0 Å². The van der Waals surface area contributed by atoms with Crippen LogP contribution in [0.5, 0.6) is 0 Å². The van der Waals surface area contributed by atoms with Crippen molar-refractivity contribution < 1.29 is 58.9 Å². The Morgan fingerprint density at radius 3 is 1.83 bits per heavy atom. The molecule has 0 aromatic heterocycles. The molecule has 0 aliphatic carbocycles. The number of hydrogen-bond donors (Lipinski definition) is 0. The van der Waals surface area contributed by atoms with E-state index >= 15 is 0 Å². The number of halogens is 3. The molecule has 126 valence electrons. The van der Waals surface area contributed by atoms with E-state index in [0.29, 0.717) is 5.92 Å². The fourth-order valence-electron chi connectivity index (χ4n) is 3.11. The largest absolute Gasteiger partial charge is 4.00 e. The molecule has 0 nitrogen and oxygen atoms in total. The van der Waals surface area contributed by atoms with E-state index < -0.39 is 8.07 Å². The Hall–Kier alpha value is 0.371. The third-order valence-electron chi connectivity index (χ3n) is 4.53. The quantitative estimate of drug-likeness (QED) is 0.334. The van der Waals surface area contributed by atoms with Crippen LogP contribution in [-0.2, 0) is 21.7 Å². The summed E-state index contributed by atoms with van der Waals surface area (Å²) in [7, 11) is -1.52. The summed E-state index contributed by atoms with van der Waals surface area (Å²) >= 11 is 0. The van der Waals surface area contributed by atoms with Crippen LogP contribution in [0.1, 0.15) is 39.2 Å². The molecule has 0 saturated heterocycles. The van der Waals surface area contributed by atoms with Gasteiger partial charge in [0.25, 0.3) is 0 Å². The first kappa shape index (κ1) is 28.2. The SMILES string of the molecule is CC[Si](CC)(c1ccccc1)[c-]1ccc(C(C)C)c1.[Cl-].[Cl-].[Cl-].[Ti+4]. The van der Waals surface area contributed by atoms with Crippen LogP contribution in [0.4, 0.5) is 0 Å². The van der Waals surface area contributed by atoms with Gasteiger partial charge >= 0.3 is 21.7 Å². The van der Waals surface area contributed by atoms with Gasteiger partial charge in [-0.05, 0) is 0 Å². The molecule has 0 atom stereocenters. The van der Waals surface area contributed by atoms with Crippen molar-refractivity contribution in [3.8, 4) is 0 Å². The van der Waals surface area contributed by atoms with Crippen LogP contribution in [-0.4, -0.2) is 8.07 Å². The molecule has 0 radical (unpaired) electrons. The van der Waals surface area contributed by atoms with Crippen molar-refractivity contribution in [2.45, 2.75) is 45.7 Å². The molecule has 0 fully saturated rings. The van der Waals surface area contributed by atoms with E-state index in [-0.39, 0.29) is 58.9 Å². The van der Waals surface area contributed by atoms with E-state index in [1.807, 2.05) is 0 Å². The molecule has 0 saturated carbocycles. The first-order chi connectivity index (χ1) is 9.14. The Kier molecular flexibility index (Phi) is 15.6. The van der Waals surface area contributed by atoms with E-state index in [0.717, 1.165) is 0 Å². The van der Waals surface area contributed by atoms with Crippen molar-refractivity contribution in [3.63, 3.8) is 0 Å². The minimum Gasteiger partial charge on any atom is -1.00 e. The maximum absolute atomic E-state index is 2.47. The zero-order valence-electron chi connectivity index (χ0n) is 14.2. The smallest absolute Gasteiger partial charge is 1.00 e. The minimum atomic E-state index is -1.52. The normalized spacial score (nSPS) is 9.96. The molecule has 2 aromatic rings. The van der Waals surface area contributed by atoms with Gasteiger partial charge in [0, 0.05) is 0 Å². The van der Waals surface area contributed by atoms with E-state index in [9.17, 15) is 0 Å². The number of benzene rings is 1. The van der Waals surface area contributed by atoms with Gasteiger partial charge in [0.1, 0.15) is 0 Å². The van der Waals surface area contributed by atoms with E-state index in [1.54, 1.807) is 10.4 Å². The summed E-state index contributed by atoms with van der Waals surface area (Å²) in [6.07, 6.45) is 0. The molecular formula is C18H25Cl3SiTi. The maximum Gasteiger partial charge on any atom is 4.00 e. The summed E-state index contributed by atoms with van der Waals surface area (Å²) in [4.78, 5) is 0. The summed E-state index contributed by atoms with van der Waals surface area (Å²) in [5.41, 5.74) is 1.49. The molecule has 0 amide bonds. The molecule has 0 aliphatic rings. The molecule has 0 bridgehead atoms. The minimum absolute atomic E-state index is 0. The Bertz CT molecular complexity index is 522. The summed E-state index contributed by atoms with van der Waals surface area (Å²) in [6.45, 7) is 9.29. The predicted molar refractivity (Wildman–Crippen MR) is 88.6 cm³/mol. The fraction of sp³-hybridized carbons (Fsp3) is 0.389. The fourth-order valence-corrected chi connectivity index (χ4v) is 7.25. The second-order valence-electron chi connectivity index (χ2n) is 5.74. The van der Waals surface area contributed by atoms with E-state index in [4.69, 9.17) is 0 Å². The van der Waals surface area contributed by atoms with Crippen molar-refractivity contribution >= 4 is 18.4 Å². The Balaban J connectivity index is -0.000001000. The molecule has 0 spiro atoms. The van der Waals surface area contributed by atoms with E-state index in [1.165, 1.54) is 17.7 Å². The van der Waals surface area contributed by atoms with Gasteiger partial charge in [-0.1, -0.05) is 81.2 Å². The molecule has 0 unspecified atom stereocenters. The average molecular weight is 424 g/mol.